The highest BCUT2D eigenvalue weighted by Gasteiger charge is 2.30. The molecule has 1 saturated carbocycles. The van der Waals surface area contributed by atoms with Gasteiger partial charge < -0.3 is 34.5 Å². The molecule has 1 aromatic heterocycles. The van der Waals surface area contributed by atoms with Crippen molar-refractivity contribution in [3.8, 4) is 23.0 Å². The minimum absolute atomic E-state index is 0.00942. The van der Waals surface area contributed by atoms with Gasteiger partial charge in [-0.25, -0.2) is 13.6 Å². The first-order valence-electron chi connectivity index (χ1n) is 18.1. The Morgan fingerprint density at radius 2 is 1.49 bits per heavy atom. The topological polar surface area (TPSA) is 132 Å². The fraction of sp³-hybridized carbons (Fsp3) is 0.415. The summed E-state index contributed by atoms with van der Waals surface area (Å²) in [5, 5.41) is 5.42. The first-order chi connectivity index (χ1) is 26.2. The van der Waals surface area contributed by atoms with Crippen molar-refractivity contribution < 1.29 is 42.1 Å². The van der Waals surface area contributed by atoms with E-state index >= 15 is 0 Å². The van der Waals surface area contributed by atoms with Crippen molar-refractivity contribution in [1.29, 1.82) is 0 Å². The lowest BCUT2D eigenvalue weighted by molar-refractivity contribution is -0.106. The lowest BCUT2D eigenvalue weighted by Gasteiger charge is -2.35. The number of benzene rings is 3. The summed E-state index contributed by atoms with van der Waals surface area (Å²) in [6.07, 6.45) is 6.03. The van der Waals surface area contributed by atoms with Gasteiger partial charge in [0.15, 0.2) is 23.1 Å². The molecule has 0 radical (unpaired) electrons. The van der Waals surface area contributed by atoms with Crippen molar-refractivity contribution in [1.82, 2.24) is 14.8 Å². The zero-order valence-electron chi connectivity index (χ0n) is 32.3. The summed E-state index contributed by atoms with van der Waals surface area (Å²) in [4.78, 5) is 41.2. The lowest BCUT2D eigenvalue weighted by atomic mass is 10.1. The van der Waals surface area contributed by atoms with Crippen LogP contribution in [0.3, 0.4) is 0 Å². The third-order valence-corrected chi connectivity index (χ3v) is 8.58. The van der Waals surface area contributed by atoms with E-state index in [9.17, 15) is 23.2 Å². The maximum absolute atomic E-state index is 14.5. The van der Waals surface area contributed by atoms with Gasteiger partial charge in [-0.2, -0.15) is 0 Å². The van der Waals surface area contributed by atoms with Crippen molar-refractivity contribution in [2.75, 3.05) is 57.1 Å². The molecule has 4 aromatic rings. The van der Waals surface area contributed by atoms with Crippen molar-refractivity contribution in [3.63, 3.8) is 0 Å². The summed E-state index contributed by atoms with van der Waals surface area (Å²) in [5.74, 6) is 0.532. The Morgan fingerprint density at radius 3 is 2.07 bits per heavy atom. The number of methoxy groups -OCH3 is 1. The molecule has 3 aromatic carbocycles. The lowest BCUT2D eigenvalue weighted by Crippen LogP contribution is -2.50. The molecule has 12 nitrogen and oxygen atoms in total. The van der Waals surface area contributed by atoms with Crippen LogP contribution in [0.2, 0.25) is 0 Å². The number of anilines is 2. The quantitative estimate of drug-likeness (QED) is 0.108. The van der Waals surface area contributed by atoms with E-state index < -0.39 is 11.4 Å². The molecule has 296 valence electrons. The van der Waals surface area contributed by atoms with Gasteiger partial charge in [0.25, 0.3) is 0 Å². The van der Waals surface area contributed by atoms with Gasteiger partial charge in [0.05, 0.1) is 19.2 Å². The van der Waals surface area contributed by atoms with Crippen LogP contribution in [0, 0.1) is 17.0 Å². The van der Waals surface area contributed by atoms with Crippen LogP contribution in [0.25, 0.3) is 10.9 Å². The average molecular weight is 764 g/mol. The van der Waals surface area contributed by atoms with Crippen molar-refractivity contribution in [3.05, 3.63) is 78.5 Å². The van der Waals surface area contributed by atoms with E-state index in [1.165, 1.54) is 49.2 Å². The molecule has 3 amide bonds. The Balaban J connectivity index is 0.000000370. The van der Waals surface area contributed by atoms with Gasteiger partial charge in [-0.15, -0.1) is 0 Å². The Kier molecular flexibility index (Phi) is 15.1. The Morgan fingerprint density at radius 1 is 0.855 bits per heavy atom. The number of halogens is 2. The number of amides is 3. The minimum Gasteiger partial charge on any atom is -0.493 e. The third-order valence-electron chi connectivity index (χ3n) is 8.58. The number of rotatable bonds is 12. The van der Waals surface area contributed by atoms with E-state index in [0.717, 1.165) is 31.5 Å². The predicted octanol–water partition coefficient (Wildman–Crippen LogP) is 8.27. The van der Waals surface area contributed by atoms with Crippen LogP contribution in [0.1, 0.15) is 53.9 Å². The number of aromatic nitrogens is 1. The smallest absolute Gasteiger partial charge is 0.410 e. The molecule has 2 N–H and O–H groups in total. The largest absolute Gasteiger partial charge is 0.493 e. The van der Waals surface area contributed by atoms with E-state index in [4.69, 9.17) is 18.9 Å². The molecule has 1 aliphatic heterocycles. The molecule has 2 heterocycles. The van der Waals surface area contributed by atoms with Crippen LogP contribution in [0.15, 0.2) is 66.9 Å². The normalized spacial score (nSPS) is 14.6. The zero-order valence-corrected chi connectivity index (χ0v) is 32.3. The minimum atomic E-state index is -0.616. The number of hydrogen-bond acceptors (Lipinski definition) is 9. The summed E-state index contributed by atoms with van der Waals surface area (Å²) >= 11 is 0. The van der Waals surface area contributed by atoms with Crippen LogP contribution in [0.4, 0.5) is 25.0 Å². The maximum atomic E-state index is 14.5. The Bertz CT molecular complexity index is 1870. The molecular formula is C41H51F2N5O7. The zero-order chi connectivity index (χ0) is 40.0. The van der Waals surface area contributed by atoms with Crippen LogP contribution in [0.5, 0.6) is 23.0 Å². The standard InChI is InChI=1S/C29H35FN4O6.C7H6FNO.C5H10/c1-29(2,3)40-28(36)34-13-11-33(12-14-34)10-5-15-38-27-18-23-21(17-26(27)37-4)24(8-9-31-23)39-25-7-6-20(32-19-35)16-22(25)30;8-6-1-3-7(4-2-6)9-5-10;1-5(2)3-4-5/h6-9,16-19H,5,10-15H2,1-4H3,(H,32,35);1-5H,(H,9,10);3-4H2,1-2H3. The molecule has 0 spiro atoms. The number of carbonyl (C=O) groups excluding carboxylic acids is 3. The number of ether oxygens (including phenoxy) is 4. The SMILES string of the molecule is CC1(C)CC1.COc1cc2c(Oc3ccc(NC=O)cc3F)ccnc2cc1OCCCN1CCN(C(=O)OC(C)(C)C)CC1.O=CNc1ccc(F)cc1. The van der Waals surface area contributed by atoms with Crippen molar-refractivity contribution >= 4 is 41.2 Å². The molecule has 2 fully saturated rings. The second kappa shape index (κ2) is 19.7. The number of piperazine rings is 1. The summed E-state index contributed by atoms with van der Waals surface area (Å²) in [6.45, 7) is 14.3. The molecule has 1 aliphatic carbocycles. The first kappa shape index (κ1) is 42.2. The number of fused-ring (bicyclic) bond motifs is 1. The summed E-state index contributed by atoms with van der Waals surface area (Å²) < 4.78 is 49.6. The average Bonchev–Trinajstić information content (AvgIpc) is 3.85. The molecular weight excluding hydrogens is 712 g/mol. The van der Waals surface area contributed by atoms with E-state index in [1.54, 1.807) is 42.5 Å². The van der Waals surface area contributed by atoms with Gasteiger partial charge in [0, 0.05) is 67.8 Å². The Labute approximate surface area is 321 Å². The van der Waals surface area contributed by atoms with Gasteiger partial charge in [-0.3, -0.25) is 19.5 Å². The fourth-order valence-corrected chi connectivity index (χ4v) is 5.16. The number of nitrogens with one attached hydrogen (secondary N) is 2. The van der Waals surface area contributed by atoms with E-state index in [-0.39, 0.29) is 17.7 Å². The molecule has 0 bridgehead atoms. The molecule has 1 saturated heterocycles. The fourth-order valence-electron chi connectivity index (χ4n) is 5.16. The van der Waals surface area contributed by atoms with Gasteiger partial charge in [0.2, 0.25) is 12.8 Å². The first-order valence-corrected chi connectivity index (χ1v) is 18.1. The van der Waals surface area contributed by atoms with E-state index in [1.807, 2.05) is 20.8 Å². The van der Waals surface area contributed by atoms with Crippen LogP contribution < -0.4 is 24.8 Å². The molecule has 0 unspecified atom stereocenters. The number of carbonyl (C=O) groups is 3. The van der Waals surface area contributed by atoms with Crippen LogP contribution >= 0.6 is 0 Å². The monoisotopic (exact) mass is 763 g/mol. The second-order valence-electron chi connectivity index (χ2n) is 14.8. The Hall–Kier alpha value is -5.50. The van der Waals surface area contributed by atoms with Crippen molar-refractivity contribution in [2.45, 2.75) is 59.5 Å². The molecule has 2 aliphatic rings. The summed E-state index contributed by atoms with van der Waals surface area (Å²) in [6, 6.07) is 14.9. The number of hydrogen-bond donors (Lipinski definition) is 2. The highest BCUT2D eigenvalue weighted by molar-refractivity contribution is 5.88. The number of nitrogens with zero attached hydrogens (tertiary/aromatic N) is 3. The highest BCUT2D eigenvalue weighted by Crippen LogP contribution is 2.43. The van der Waals surface area contributed by atoms with Gasteiger partial charge in [0.1, 0.15) is 17.2 Å². The molecule has 0 atom stereocenters. The van der Waals surface area contributed by atoms with Gasteiger partial charge in [-0.05, 0) is 94.0 Å². The number of pyridine rings is 1. The van der Waals surface area contributed by atoms with Gasteiger partial charge >= 0.3 is 6.09 Å². The predicted molar refractivity (Wildman–Crippen MR) is 208 cm³/mol. The third kappa shape index (κ3) is 14.0. The van der Waals surface area contributed by atoms with Crippen molar-refractivity contribution in [2.24, 2.45) is 5.41 Å². The summed E-state index contributed by atoms with van der Waals surface area (Å²) in [5.41, 5.74) is 1.77. The van der Waals surface area contributed by atoms with Gasteiger partial charge in [-0.1, -0.05) is 13.8 Å². The van der Waals surface area contributed by atoms with Crippen LogP contribution in [-0.4, -0.2) is 85.7 Å². The molecule has 6 rings (SSSR count). The molecule has 55 heavy (non-hydrogen) atoms. The molecule has 14 heteroatoms. The van der Waals surface area contributed by atoms with E-state index in [0.29, 0.717) is 72.0 Å². The summed E-state index contributed by atoms with van der Waals surface area (Å²) in [7, 11) is 1.55. The second-order valence-corrected chi connectivity index (χ2v) is 14.8. The highest BCUT2D eigenvalue weighted by atomic mass is 19.1. The van der Waals surface area contributed by atoms with Crippen LogP contribution in [-0.2, 0) is 14.3 Å². The maximum Gasteiger partial charge on any atom is 0.410 e. The van der Waals surface area contributed by atoms with E-state index in [2.05, 4.69) is 34.4 Å².